The molecule has 2 aromatic rings. The second kappa shape index (κ2) is 6.54. The summed E-state index contributed by atoms with van der Waals surface area (Å²) in [4.78, 5) is 22.5. The molecular formula is C14H10N2O4S. The van der Waals surface area contributed by atoms with Gasteiger partial charge in [-0.15, -0.1) is 11.3 Å². The van der Waals surface area contributed by atoms with Gasteiger partial charge in [-0.2, -0.15) is 5.26 Å². The van der Waals surface area contributed by atoms with E-state index < -0.39 is 12.1 Å². The van der Waals surface area contributed by atoms with E-state index in [1.54, 1.807) is 0 Å². The van der Waals surface area contributed by atoms with Gasteiger partial charge in [0, 0.05) is 0 Å². The van der Waals surface area contributed by atoms with Crippen molar-refractivity contribution in [3.05, 3.63) is 52.4 Å². The van der Waals surface area contributed by atoms with E-state index in [0.717, 1.165) is 16.9 Å². The minimum atomic E-state index is -1.15. The van der Waals surface area contributed by atoms with Gasteiger partial charge in [0.1, 0.15) is 22.6 Å². The van der Waals surface area contributed by atoms with Gasteiger partial charge in [-0.1, -0.05) is 30.3 Å². The number of carboxylic acids is 1. The topological polar surface area (TPSA) is 99.4 Å². The normalized spacial score (nSPS) is 9.67. The van der Waals surface area contributed by atoms with Crippen LogP contribution >= 0.6 is 11.3 Å². The summed E-state index contributed by atoms with van der Waals surface area (Å²) in [5.74, 6) is -1.15. The molecule has 106 valence electrons. The van der Waals surface area contributed by atoms with Gasteiger partial charge in [0.2, 0.25) is 0 Å². The standard InChI is InChI=1S/C14H10N2O4S/c15-7-10-6-11(13(17)18)21-12(10)16-14(19)20-8-9-4-2-1-3-5-9/h1-6H,8H2,(H,16,19)(H,17,18). The quantitative estimate of drug-likeness (QED) is 0.904. The van der Waals surface area contributed by atoms with Crippen molar-refractivity contribution in [1.82, 2.24) is 0 Å². The van der Waals surface area contributed by atoms with Crippen LogP contribution in [0.2, 0.25) is 0 Å². The fourth-order valence-electron chi connectivity index (χ4n) is 1.52. The number of amides is 1. The molecule has 1 aromatic carbocycles. The second-order valence-corrected chi connectivity index (χ2v) is 5.01. The summed E-state index contributed by atoms with van der Waals surface area (Å²) in [6.07, 6.45) is -0.742. The third kappa shape index (κ3) is 3.81. The molecule has 0 aliphatic rings. The zero-order valence-electron chi connectivity index (χ0n) is 10.7. The highest BCUT2D eigenvalue weighted by Crippen LogP contribution is 2.27. The Bertz CT molecular complexity index is 704. The van der Waals surface area contributed by atoms with Gasteiger partial charge in [0.05, 0.1) is 5.56 Å². The van der Waals surface area contributed by atoms with E-state index in [2.05, 4.69) is 5.32 Å². The minimum Gasteiger partial charge on any atom is -0.477 e. The number of anilines is 1. The first-order chi connectivity index (χ1) is 10.1. The highest BCUT2D eigenvalue weighted by molar-refractivity contribution is 7.18. The maximum absolute atomic E-state index is 11.6. The zero-order chi connectivity index (χ0) is 15.2. The van der Waals surface area contributed by atoms with Crippen molar-refractivity contribution < 1.29 is 19.4 Å². The number of nitrogens with zero attached hydrogens (tertiary/aromatic N) is 1. The smallest absolute Gasteiger partial charge is 0.412 e. The first kappa shape index (κ1) is 14.6. The van der Waals surface area contributed by atoms with E-state index >= 15 is 0 Å². The zero-order valence-corrected chi connectivity index (χ0v) is 11.5. The average molecular weight is 302 g/mol. The summed E-state index contributed by atoms with van der Waals surface area (Å²) < 4.78 is 5.00. The number of carboxylic acid groups (broad SMARTS) is 1. The van der Waals surface area contributed by atoms with E-state index in [0.29, 0.717) is 0 Å². The Morgan fingerprint density at radius 1 is 1.33 bits per heavy atom. The molecule has 0 radical (unpaired) electrons. The van der Waals surface area contributed by atoms with Gasteiger partial charge in [-0.3, -0.25) is 5.32 Å². The maximum Gasteiger partial charge on any atom is 0.412 e. The molecule has 1 heterocycles. The summed E-state index contributed by atoms with van der Waals surface area (Å²) >= 11 is 0.808. The fraction of sp³-hybridized carbons (Fsp3) is 0.0714. The van der Waals surface area contributed by atoms with Gasteiger partial charge < -0.3 is 9.84 Å². The largest absolute Gasteiger partial charge is 0.477 e. The first-order valence-electron chi connectivity index (χ1n) is 5.85. The van der Waals surface area contributed by atoms with Crippen molar-refractivity contribution in [2.75, 3.05) is 5.32 Å². The van der Waals surface area contributed by atoms with E-state index in [1.807, 2.05) is 36.4 Å². The maximum atomic E-state index is 11.6. The molecule has 0 fully saturated rings. The molecule has 0 aliphatic carbocycles. The Labute approximate surface area is 124 Å². The van der Waals surface area contributed by atoms with E-state index in [1.165, 1.54) is 6.07 Å². The van der Waals surface area contributed by atoms with Crippen LogP contribution < -0.4 is 5.32 Å². The molecule has 0 spiro atoms. The molecule has 6 nitrogen and oxygen atoms in total. The van der Waals surface area contributed by atoms with Crippen molar-refractivity contribution in [2.24, 2.45) is 0 Å². The number of carbonyl (C=O) groups is 2. The molecule has 0 bridgehead atoms. The summed E-state index contributed by atoms with van der Waals surface area (Å²) in [5, 5.41) is 20.3. The summed E-state index contributed by atoms with van der Waals surface area (Å²) in [6.45, 7) is 0.0890. The van der Waals surface area contributed by atoms with Crippen LogP contribution in [0.3, 0.4) is 0 Å². The lowest BCUT2D eigenvalue weighted by Gasteiger charge is -2.05. The highest BCUT2D eigenvalue weighted by Gasteiger charge is 2.16. The van der Waals surface area contributed by atoms with E-state index in [4.69, 9.17) is 15.1 Å². The van der Waals surface area contributed by atoms with E-state index in [9.17, 15) is 9.59 Å². The summed E-state index contributed by atoms with van der Waals surface area (Å²) in [5.41, 5.74) is 0.916. The fourth-order valence-corrected chi connectivity index (χ4v) is 2.36. The molecule has 1 amide bonds. The molecule has 1 aromatic heterocycles. The average Bonchev–Trinajstić information content (AvgIpc) is 2.89. The van der Waals surface area contributed by atoms with Gasteiger partial charge >= 0.3 is 12.1 Å². The molecule has 0 saturated carbocycles. The van der Waals surface area contributed by atoms with Crippen LogP contribution in [-0.4, -0.2) is 17.2 Å². The van der Waals surface area contributed by atoms with Crippen molar-refractivity contribution in [3.63, 3.8) is 0 Å². The molecule has 2 rings (SSSR count). The molecule has 0 saturated heterocycles. The Morgan fingerprint density at radius 2 is 2.05 bits per heavy atom. The second-order valence-electron chi connectivity index (χ2n) is 3.96. The highest BCUT2D eigenvalue weighted by atomic mass is 32.1. The Kier molecular flexibility index (Phi) is 4.53. The number of nitriles is 1. The number of hydrogen-bond acceptors (Lipinski definition) is 5. The summed E-state index contributed by atoms with van der Waals surface area (Å²) in [6, 6.07) is 12.1. The van der Waals surface area contributed by atoms with Gasteiger partial charge in [-0.25, -0.2) is 9.59 Å². The Balaban J connectivity index is 2.00. The molecular weight excluding hydrogens is 292 g/mol. The van der Waals surface area contributed by atoms with Crippen molar-refractivity contribution in [3.8, 4) is 6.07 Å². The van der Waals surface area contributed by atoms with Crippen LogP contribution in [0.25, 0.3) is 0 Å². The van der Waals surface area contributed by atoms with Crippen LogP contribution in [-0.2, 0) is 11.3 Å². The number of aromatic carboxylic acids is 1. The number of benzene rings is 1. The molecule has 7 heteroatoms. The molecule has 2 N–H and O–H groups in total. The molecule has 21 heavy (non-hydrogen) atoms. The molecule has 0 aliphatic heterocycles. The summed E-state index contributed by atoms with van der Waals surface area (Å²) in [7, 11) is 0. The first-order valence-corrected chi connectivity index (χ1v) is 6.66. The van der Waals surface area contributed by atoms with E-state index in [-0.39, 0.29) is 22.0 Å². The van der Waals surface area contributed by atoms with Crippen molar-refractivity contribution in [1.29, 1.82) is 5.26 Å². The lowest BCUT2D eigenvalue weighted by Crippen LogP contribution is -2.13. The van der Waals surface area contributed by atoms with Crippen LogP contribution in [0.4, 0.5) is 9.80 Å². The third-order valence-electron chi connectivity index (χ3n) is 2.49. The van der Waals surface area contributed by atoms with Gasteiger partial charge in [-0.05, 0) is 11.6 Å². The number of ether oxygens (including phenoxy) is 1. The monoisotopic (exact) mass is 302 g/mol. The molecule has 0 atom stereocenters. The Morgan fingerprint density at radius 3 is 2.67 bits per heavy atom. The lowest BCUT2D eigenvalue weighted by molar-refractivity contribution is 0.0702. The minimum absolute atomic E-state index is 0.0232. The Hall–Kier alpha value is -2.85. The van der Waals surface area contributed by atoms with Gasteiger partial charge in [0.15, 0.2) is 0 Å². The number of thiophene rings is 1. The van der Waals surface area contributed by atoms with Crippen LogP contribution in [0.5, 0.6) is 0 Å². The SMILES string of the molecule is N#Cc1cc(C(=O)O)sc1NC(=O)OCc1ccccc1. The predicted octanol–water partition coefficient (Wildman–Crippen LogP) is 3.07. The van der Waals surface area contributed by atoms with Crippen LogP contribution in [0, 0.1) is 11.3 Å². The van der Waals surface area contributed by atoms with Crippen molar-refractivity contribution in [2.45, 2.75) is 6.61 Å². The number of carbonyl (C=O) groups excluding carboxylic acids is 1. The van der Waals surface area contributed by atoms with Gasteiger partial charge in [0.25, 0.3) is 0 Å². The van der Waals surface area contributed by atoms with Crippen molar-refractivity contribution >= 4 is 28.4 Å². The number of nitrogens with one attached hydrogen (secondary N) is 1. The number of hydrogen-bond donors (Lipinski definition) is 2. The predicted molar refractivity (Wildman–Crippen MR) is 76.2 cm³/mol. The molecule has 0 unspecified atom stereocenters. The van der Waals surface area contributed by atoms with Crippen LogP contribution in [0.15, 0.2) is 36.4 Å². The van der Waals surface area contributed by atoms with Crippen LogP contribution in [0.1, 0.15) is 20.8 Å². The third-order valence-corrected chi connectivity index (χ3v) is 3.53. The number of rotatable bonds is 4. The lowest BCUT2D eigenvalue weighted by atomic mass is 10.2.